The Morgan fingerprint density at radius 1 is 0.882 bits per heavy atom. The highest BCUT2D eigenvalue weighted by Gasteiger charge is 1.94. The summed E-state index contributed by atoms with van der Waals surface area (Å²) in [6.07, 6.45) is 3.49. The monoisotopic (exact) mass is 243 g/mol. The summed E-state index contributed by atoms with van der Waals surface area (Å²) >= 11 is 0. The molecule has 0 aromatic heterocycles. The molecule has 4 N–H and O–H groups in total. The Balaban J connectivity index is 3.11. The third-order valence-electron chi connectivity index (χ3n) is 2.52. The van der Waals surface area contributed by atoms with Crippen LogP contribution < -0.4 is 16.0 Å². The maximum atomic E-state index is 9.40. The van der Waals surface area contributed by atoms with Gasteiger partial charge in [-0.05, 0) is 45.4 Å². The van der Waals surface area contributed by atoms with Crippen LogP contribution in [0.5, 0.6) is 0 Å². The van der Waals surface area contributed by atoms with E-state index in [1.54, 1.807) is 0 Å². The molecule has 0 radical (unpaired) electrons. The fourth-order valence-corrected chi connectivity index (χ4v) is 1.41. The van der Waals surface area contributed by atoms with E-state index in [-0.39, 0.29) is 0 Å². The average molecular weight is 243 g/mol. The topological polar surface area (TPSA) is 56.3 Å². The van der Waals surface area contributed by atoms with Crippen LogP contribution in [0.2, 0.25) is 0 Å². The van der Waals surface area contributed by atoms with Crippen LogP contribution in [0, 0.1) is 0 Å². The zero-order valence-electron chi connectivity index (χ0n) is 11.6. The minimum atomic E-state index is 0.328. The molecule has 4 heteroatoms. The number of hydrogen-bond donors (Lipinski definition) is 4. The van der Waals surface area contributed by atoms with Gasteiger partial charge in [0.2, 0.25) is 0 Å². The Morgan fingerprint density at radius 2 is 1.53 bits per heavy atom. The Kier molecular flexibility index (Phi) is 11.2. The normalized spacial score (nSPS) is 10.3. The molecule has 0 bridgehead atoms. The molecule has 0 spiro atoms. The molecule has 0 aromatic rings. The van der Waals surface area contributed by atoms with E-state index in [4.69, 9.17) is 0 Å². The zero-order valence-corrected chi connectivity index (χ0v) is 11.6. The van der Waals surface area contributed by atoms with Gasteiger partial charge in [0.25, 0.3) is 0 Å². The van der Waals surface area contributed by atoms with E-state index in [0.717, 1.165) is 44.7 Å². The van der Waals surface area contributed by atoms with Crippen molar-refractivity contribution in [1.29, 1.82) is 0 Å². The summed E-state index contributed by atoms with van der Waals surface area (Å²) in [6.45, 7) is 11.0. The molecule has 0 unspecified atom stereocenters. The lowest BCUT2D eigenvalue weighted by atomic mass is 10.2. The first-order valence-electron chi connectivity index (χ1n) is 6.70. The van der Waals surface area contributed by atoms with Crippen LogP contribution in [0.1, 0.15) is 40.0 Å². The summed E-state index contributed by atoms with van der Waals surface area (Å²) in [5, 5.41) is 19.1. The molecule has 0 amide bonds. The first-order valence-corrected chi connectivity index (χ1v) is 6.70. The van der Waals surface area contributed by atoms with E-state index >= 15 is 0 Å². The van der Waals surface area contributed by atoms with E-state index in [0.29, 0.717) is 5.88 Å². The molecule has 0 aromatic carbocycles. The van der Waals surface area contributed by atoms with Gasteiger partial charge in [-0.25, -0.2) is 0 Å². The minimum Gasteiger partial charge on any atom is -0.495 e. The summed E-state index contributed by atoms with van der Waals surface area (Å²) in [6, 6.07) is 0. The molecule has 17 heavy (non-hydrogen) atoms. The van der Waals surface area contributed by atoms with Crippen LogP contribution in [0.3, 0.4) is 0 Å². The van der Waals surface area contributed by atoms with Gasteiger partial charge in [-0.1, -0.05) is 13.3 Å². The standard InChI is InChI=1S/C13H29N3O/c1-4-14-10-11-15-8-6-5-7-9-16-13(17)12(2)3/h14-17H,4-11H2,1-3H3. The fourth-order valence-electron chi connectivity index (χ4n) is 1.41. The van der Waals surface area contributed by atoms with Crippen molar-refractivity contribution >= 4 is 0 Å². The summed E-state index contributed by atoms with van der Waals surface area (Å²) in [5.41, 5.74) is 0.940. The second-order valence-electron chi connectivity index (χ2n) is 4.44. The summed E-state index contributed by atoms with van der Waals surface area (Å²) < 4.78 is 0. The Labute approximate surface area is 106 Å². The molecule has 102 valence electrons. The number of allylic oxidation sites excluding steroid dienone is 1. The highest BCUT2D eigenvalue weighted by atomic mass is 16.3. The van der Waals surface area contributed by atoms with Gasteiger partial charge in [0.15, 0.2) is 5.88 Å². The first-order chi connectivity index (χ1) is 8.18. The van der Waals surface area contributed by atoms with Crippen LogP contribution in [-0.4, -0.2) is 37.8 Å². The Morgan fingerprint density at radius 3 is 2.18 bits per heavy atom. The fraction of sp³-hybridized carbons (Fsp3) is 0.846. The molecule has 0 aliphatic heterocycles. The molecule has 0 rings (SSSR count). The summed E-state index contributed by atoms with van der Waals surface area (Å²) in [7, 11) is 0. The summed E-state index contributed by atoms with van der Waals surface area (Å²) in [4.78, 5) is 0. The van der Waals surface area contributed by atoms with E-state index in [9.17, 15) is 5.11 Å². The van der Waals surface area contributed by atoms with E-state index in [1.165, 1.54) is 12.8 Å². The first kappa shape index (κ1) is 16.3. The van der Waals surface area contributed by atoms with Gasteiger partial charge in [0.1, 0.15) is 0 Å². The molecule has 0 saturated carbocycles. The molecule has 4 nitrogen and oxygen atoms in total. The van der Waals surface area contributed by atoms with Gasteiger partial charge in [-0.3, -0.25) is 0 Å². The number of likely N-dealkylation sites (N-methyl/N-ethyl adjacent to an activating group) is 1. The average Bonchev–Trinajstić information content (AvgIpc) is 2.31. The maximum absolute atomic E-state index is 9.40. The highest BCUT2D eigenvalue weighted by molar-refractivity contribution is 4.98. The number of nitrogens with one attached hydrogen (secondary N) is 3. The predicted octanol–water partition coefficient (Wildman–Crippen LogP) is 1.75. The van der Waals surface area contributed by atoms with Crippen molar-refractivity contribution in [3.63, 3.8) is 0 Å². The van der Waals surface area contributed by atoms with Crippen LogP contribution >= 0.6 is 0 Å². The van der Waals surface area contributed by atoms with Gasteiger partial charge in [0, 0.05) is 19.6 Å². The molecule has 0 atom stereocenters. The number of hydrogen-bond acceptors (Lipinski definition) is 4. The van der Waals surface area contributed by atoms with Crippen molar-refractivity contribution in [2.75, 3.05) is 32.7 Å². The van der Waals surface area contributed by atoms with Crippen LogP contribution in [0.25, 0.3) is 0 Å². The van der Waals surface area contributed by atoms with Crippen molar-refractivity contribution in [2.45, 2.75) is 40.0 Å². The quantitative estimate of drug-likeness (QED) is 0.330. The molecular formula is C13H29N3O. The van der Waals surface area contributed by atoms with Crippen molar-refractivity contribution in [2.24, 2.45) is 0 Å². The van der Waals surface area contributed by atoms with Crippen molar-refractivity contribution < 1.29 is 5.11 Å². The molecular weight excluding hydrogens is 214 g/mol. The molecule has 0 fully saturated rings. The number of aliphatic hydroxyl groups excluding tert-OH is 1. The van der Waals surface area contributed by atoms with Gasteiger partial charge >= 0.3 is 0 Å². The third-order valence-corrected chi connectivity index (χ3v) is 2.52. The number of aliphatic hydroxyl groups is 1. The SMILES string of the molecule is CCNCCNCCCCCNC(O)=C(C)C. The van der Waals surface area contributed by atoms with Gasteiger partial charge in [-0.15, -0.1) is 0 Å². The van der Waals surface area contributed by atoms with Gasteiger partial charge in [0.05, 0.1) is 0 Å². The van der Waals surface area contributed by atoms with Crippen LogP contribution in [-0.2, 0) is 0 Å². The third kappa shape index (κ3) is 11.5. The molecule has 0 heterocycles. The highest BCUT2D eigenvalue weighted by Crippen LogP contribution is 1.96. The van der Waals surface area contributed by atoms with Crippen LogP contribution in [0.15, 0.2) is 11.5 Å². The second-order valence-corrected chi connectivity index (χ2v) is 4.44. The van der Waals surface area contributed by atoms with E-state index in [2.05, 4.69) is 22.9 Å². The number of rotatable bonds is 11. The lowest BCUT2D eigenvalue weighted by molar-refractivity contribution is 0.354. The van der Waals surface area contributed by atoms with E-state index in [1.807, 2.05) is 13.8 Å². The summed E-state index contributed by atoms with van der Waals surface area (Å²) in [5.74, 6) is 0.328. The Hall–Kier alpha value is -0.740. The lowest BCUT2D eigenvalue weighted by Crippen LogP contribution is -2.27. The zero-order chi connectivity index (χ0) is 12.9. The predicted molar refractivity (Wildman–Crippen MR) is 74.3 cm³/mol. The smallest absolute Gasteiger partial charge is 0.182 e. The van der Waals surface area contributed by atoms with Crippen molar-refractivity contribution in [1.82, 2.24) is 16.0 Å². The Bertz CT molecular complexity index is 201. The largest absolute Gasteiger partial charge is 0.495 e. The molecule has 0 aliphatic carbocycles. The lowest BCUT2D eigenvalue weighted by Gasteiger charge is -2.07. The van der Waals surface area contributed by atoms with Crippen molar-refractivity contribution in [3.8, 4) is 0 Å². The van der Waals surface area contributed by atoms with Crippen molar-refractivity contribution in [3.05, 3.63) is 11.5 Å². The second kappa shape index (κ2) is 11.7. The van der Waals surface area contributed by atoms with Crippen LogP contribution in [0.4, 0.5) is 0 Å². The molecule has 0 aliphatic rings. The molecule has 0 saturated heterocycles. The van der Waals surface area contributed by atoms with Gasteiger partial charge in [-0.2, -0.15) is 0 Å². The number of unbranched alkanes of at least 4 members (excludes halogenated alkanes) is 2. The maximum Gasteiger partial charge on any atom is 0.182 e. The minimum absolute atomic E-state index is 0.328. The van der Waals surface area contributed by atoms with Gasteiger partial charge < -0.3 is 21.1 Å². The van der Waals surface area contributed by atoms with E-state index < -0.39 is 0 Å².